The molecular formula is C22H14Se2. The van der Waals surface area contributed by atoms with E-state index in [0.717, 1.165) is 0 Å². The summed E-state index contributed by atoms with van der Waals surface area (Å²) in [6.07, 6.45) is 0. The van der Waals surface area contributed by atoms with Crippen LogP contribution in [-0.2, 0) is 0 Å². The first-order valence-corrected chi connectivity index (χ1v) is 9.51. The molecule has 0 bridgehead atoms. The van der Waals surface area contributed by atoms with Crippen LogP contribution in [-0.4, -0.2) is 32.0 Å². The Morgan fingerprint density at radius 2 is 0.792 bits per heavy atom. The maximum atomic E-state index is 3.23. The van der Waals surface area contributed by atoms with Crippen LogP contribution < -0.4 is 8.92 Å². The molecular weight excluding hydrogens is 422 g/mol. The molecule has 4 aromatic rings. The van der Waals surface area contributed by atoms with Crippen molar-refractivity contribution in [3.63, 3.8) is 0 Å². The zero-order chi connectivity index (χ0) is 16.5. The first-order chi connectivity index (χ1) is 11.8. The van der Waals surface area contributed by atoms with Gasteiger partial charge in [0.05, 0.1) is 0 Å². The Morgan fingerprint density at radius 3 is 1.17 bits per heavy atom. The van der Waals surface area contributed by atoms with Crippen molar-refractivity contribution in [1.82, 2.24) is 0 Å². The molecule has 2 heteroatoms. The normalized spacial score (nSPS) is 10.8. The van der Waals surface area contributed by atoms with Gasteiger partial charge in [-0.3, -0.25) is 0 Å². The van der Waals surface area contributed by atoms with Crippen LogP contribution in [0.3, 0.4) is 0 Å². The van der Waals surface area contributed by atoms with Crippen molar-refractivity contribution in [2.75, 3.05) is 0 Å². The summed E-state index contributed by atoms with van der Waals surface area (Å²) in [5.41, 5.74) is 5.02. The Hall–Kier alpha value is -1.82. The molecule has 0 saturated carbocycles. The Morgan fingerprint density at radius 1 is 0.417 bits per heavy atom. The van der Waals surface area contributed by atoms with E-state index >= 15 is 0 Å². The van der Waals surface area contributed by atoms with Gasteiger partial charge in [0.15, 0.2) is 0 Å². The second-order valence-corrected chi connectivity index (χ2v) is 7.55. The minimum absolute atomic E-state index is 1.18. The van der Waals surface area contributed by atoms with Gasteiger partial charge in [0.2, 0.25) is 0 Å². The first-order valence-electron chi connectivity index (χ1n) is 7.80. The average molecular weight is 436 g/mol. The second-order valence-electron chi connectivity index (χ2n) is 5.70. The Balaban J connectivity index is 2.09. The van der Waals surface area contributed by atoms with E-state index in [-0.39, 0.29) is 0 Å². The minimum atomic E-state index is 1.18. The topological polar surface area (TPSA) is 0 Å². The molecule has 0 fully saturated rings. The zero-order valence-corrected chi connectivity index (χ0v) is 16.3. The number of rotatable bonds is 2. The molecule has 0 aliphatic rings. The molecule has 4 rings (SSSR count). The predicted molar refractivity (Wildman–Crippen MR) is 106 cm³/mol. The van der Waals surface area contributed by atoms with Gasteiger partial charge in [-0.05, 0) is 0 Å². The molecule has 0 atom stereocenters. The van der Waals surface area contributed by atoms with Crippen molar-refractivity contribution in [3.05, 3.63) is 84.9 Å². The summed E-state index contributed by atoms with van der Waals surface area (Å²) in [5.74, 6) is 0. The molecule has 114 valence electrons. The molecule has 4 aromatic carbocycles. The van der Waals surface area contributed by atoms with Crippen molar-refractivity contribution in [3.8, 4) is 22.3 Å². The van der Waals surface area contributed by atoms with Gasteiger partial charge in [0.25, 0.3) is 0 Å². The number of benzene rings is 4. The third-order valence-electron chi connectivity index (χ3n) is 4.25. The van der Waals surface area contributed by atoms with Crippen LogP contribution >= 0.6 is 0 Å². The van der Waals surface area contributed by atoms with Gasteiger partial charge in [-0.2, -0.15) is 0 Å². The van der Waals surface area contributed by atoms with E-state index in [4.69, 9.17) is 0 Å². The van der Waals surface area contributed by atoms with Crippen LogP contribution in [0.15, 0.2) is 84.9 Å². The quantitative estimate of drug-likeness (QED) is 0.420. The van der Waals surface area contributed by atoms with Gasteiger partial charge in [-0.25, -0.2) is 0 Å². The fourth-order valence-corrected chi connectivity index (χ4v) is 4.41. The molecule has 0 nitrogen and oxygen atoms in total. The summed E-state index contributed by atoms with van der Waals surface area (Å²) in [7, 11) is 0. The molecule has 0 aliphatic carbocycles. The number of hydrogen-bond acceptors (Lipinski definition) is 0. The molecule has 0 aromatic heterocycles. The summed E-state index contributed by atoms with van der Waals surface area (Å²) in [4.78, 5) is 0. The second kappa shape index (κ2) is 6.59. The molecule has 0 aliphatic heterocycles. The Labute approximate surface area is 158 Å². The van der Waals surface area contributed by atoms with E-state index in [9.17, 15) is 0 Å². The van der Waals surface area contributed by atoms with Gasteiger partial charge in [0, 0.05) is 0 Å². The van der Waals surface area contributed by atoms with Crippen LogP contribution in [0.1, 0.15) is 0 Å². The predicted octanol–water partition coefficient (Wildman–Crippen LogP) is 3.76. The van der Waals surface area contributed by atoms with Crippen molar-refractivity contribution in [2.24, 2.45) is 0 Å². The SMILES string of the molecule is [Se]c1ccc2c(-c3ccccc3)c([Se])ccc2c1-c1ccccc1. The molecule has 0 saturated heterocycles. The number of hydrogen-bond donors (Lipinski definition) is 0. The van der Waals surface area contributed by atoms with Gasteiger partial charge in [-0.15, -0.1) is 0 Å². The van der Waals surface area contributed by atoms with E-state index in [1.54, 1.807) is 0 Å². The van der Waals surface area contributed by atoms with Crippen LogP contribution in [0, 0.1) is 0 Å². The summed E-state index contributed by atoms with van der Waals surface area (Å²) in [6, 6.07) is 30.0. The first kappa shape index (κ1) is 15.7. The van der Waals surface area contributed by atoms with Gasteiger partial charge in [0.1, 0.15) is 0 Å². The van der Waals surface area contributed by atoms with E-state index in [1.807, 2.05) is 0 Å². The molecule has 2 radical (unpaired) electrons. The summed E-state index contributed by atoms with van der Waals surface area (Å²) < 4.78 is 2.36. The van der Waals surface area contributed by atoms with E-state index < -0.39 is 0 Å². The third kappa shape index (κ3) is 2.73. The van der Waals surface area contributed by atoms with E-state index in [2.05, 4.69) is 117 Å². The van der Waals surface area contributed by atoms with Gasteiger partial charge < -0.3 is 0 Å². The van der Waals surface area contributed by atoms with Crippen LogP contribution in [0.4, 0.5) is 0 Å². The third-order valence-corrected chi connectivity index (χ3v) is 5.68. The summed E-state index contributed by atoms with van der Waals surface area (Å²) in [5, 5.41) is 2.55. The molecule has 0 N–H and O–H groups in total. The van der Waals surface area contributed by atoms with Crippen molar-refractivity contribution in [2.45, 2.75) is 0 Å². The fraction of sp³-hybridized carbons (Fsp3) is 0. The Kier molecular flexibility index (Phi) is 4.31. The molecule has 0 amide bonds. The standard InChI is InChI=1S/C22H14Se2/c23-19-13-12-18-17(21(19)15-7-3-1-4-8-15)11-14-20(24)22(18)16-9-5-2-6-10-16/h1-14H. The molecule has 0 heterocycles. The van der Waals surface area contributed by atoms with E-state index in [1.165, 1.54) is 41.9 Å². The molecule has 24 heavy (non-hydrogen) atoms. The van der Waals surface area contributed by atoms with Crippen molar-refractivity contribution in [1.29, 1.82) is 0 Å². The van der Waals surface area contributed by atoms with Crippen molar-refractivity contribution < 1.29 is 0 Å². The van der Waals surface area contributed by atoms with Crippen LogP contribution in [0.25, 0.3) is 33.0 Å². The Bertz CT molecular complexity index is 921. The van der Waals surface area contributed by atoms with Crippen molar-refractivity contribution >= 4 is 51.7 Å². The monoisotopic (exact) mass is 438 g/mol. The summed E-state index contributed by atoms with van der Waals surface area (Å²) in [6.45, 7) is 0. The average Bonchev–Trinajstić information content (AvgIpc) is 2.63. The van der Waals surface area contributed by atoms with Gasteiger partial charge >= 0.3 is 159 Å². The van der Waals surface area contributed by atoms with E-state index in [0.29, 0.717) is 0 Å². The van der Waals surface area contributed by atoms with Gasteiger partial charge in [-0.1, -0.05) is 0 Å². The number of fused-ring (bicyclic) bond motifs is 1. The fourth-order valence-electron chi connectivity index (χ4n) is 3.17. The molecule has 0 spiro atoms. The molecule has 0 unspecified atom stereocenters. The summed E-state index contributed by atoms with van der Waals surface area (Å²) >= 11 is 6.45. The van der Waals surface area contributed by atoms with Crippen LogP contribution in [0.5, 0.6) is 0 Å². The zero-order valence-electron chi connectivity index (χ0n) is 12.9. The van der Waals surface area contributed by atoms with Crippen LogP contribution in [0.2, 0.25) is 0 Å². The maximum absolute atomic E-state index is 3.23.